The zero-order chi connectivity index (χ0) is 33.3. The number of sulfone groups is 1. The number of benzene rings is 2. The first-order valence-corrected chi connectivity index (χ1v) is 17.5. The standard InChI is InChI=1S/C32H41N7O7S/c1-47(43,44)27-9-7-24(8-10-27)21-38-14-11-32(12-15-38)20-29(40)34-28(19-25-22-39(37-36-25)26-5-3-2-4-6-26)31(42)33-13-16-45-17-18-46-23-30(41)35-32/h2-10,22,28H,11-21,23H2,1H3,(H,33,42)(H,34,40)(H,35,41)/t28-/m1/s1. The van der Waals surface area contributed by atoms with Gasteiger partial charge in [0, 0.05) is 45.3 Å². The van der Waals surface area contributed by atoms with Gasteiger partial charge in [0.2, 0.25) is 17.7 Å². The molecule has 0 unspecified atom stereocenters. The van der Waals surface area contributed by atoms with Gasteiger partial charge in [-0.25, -0.2) is 13.1 Å². The number of hydrogen-bond acceptors (Lipinski definition) is 10. The van der Waals surface area contributed by atoms with E-state index in [9.17, 15) is 22.8 Å². The highest BCUT2D eigenvalue weighted by molar-refractivity contribution is 7.90. The van der Waals surface area contributed by atoms with Crippen molar-refractivity contribution in [3.05, 3.63) is 72.1 Å². The number of piperidine rings is 1. The molecular weight excluding hydrogens is 626 g/mol. The van der Waals surface area contributed by atoms with Crippen molar-refractivity contribution in [3.63, 3.8) is 0 Å². The van der Waals surface area contributed by atoms with Crippen LogP contribution in [0.15, 0.2) is 65.7 Å². The maximum absolute atomic E-state index is 13.6. The molecule has 0 aliphatic carbocycles. The molecule has 3 amide bonds. The highest BCUT2D eigenvalue weighted by atomic mass is 32.2. The van der Waals surface area contributed by atoms with Crippen LogP contribution in [0.4, 0.5) is 0 Å². The Balaban J connectivity index is 1.28. The summed E-state index contributed by atoms with van der Waals surface area (Å²) in [6.45, 7) is 2.55. The fourth-order valence-electron chi connectivity index (χ4n) is 5.74. The van der Waals surface area contributed by atoms with Crippen LogP contribution in [0.1, 0.15) is 30.5 Å². The Hall–Kier alpha value is -4.18. The molecule has 252 valence electrons. The maximum Gasteiger partial charge on any atom is 0.246 e. The zero-order valence-electron chi connectivity index (χ0n) is 26.4. The van der Waals surface area contributed by atoms with Crippen molar-refractivity contribution in [2.75, 3.05) is 52.3 Å². The second kappa shape index (κ2) is 15.6. The molecule has 0 saturated carbocycles. The minimum absolute atomic E-state index is 0.0285. The third-order valence-corrected chi connectivity index (χ3v) is 9.38. The second-order valence-electron chi connectivity index (χ2n) is 12.0. The summed E-state index contributed by atoms with van der Waals surface area (Å²) in [6, 6.07) is 15.3. The van der Waals surface area contributed by atoms with Crippen LogP contribution in [-0.4, -0.2) is 110 Å². The van der Waals surface area contributed by atoms with Crippen LogP contribution in [0.25, 0.3) is 5.69 Å². The van der Waals surface area contributed by atoms with Crippen LogP contribution in [0.2, 0.25) is 0 Å². The third-order valence-electron chi connectivity index (χ3n) is 8.25. The molecule has 1 aromatic heterocycles. The van der Waals surface area contributed by atoms with Crippen molar-refractivity contribution in [3.8, 4) is 5.69 Å². The quantitative estimate of drug-likeness (QED) is 0.334. The van der Waals surface area contributed by atoms with Gasteiger partial charge in [-0.2, -0.15) is 0 Å². The Bertz CT molecular complexity index is 1620. The molecule has 2 fully saturated rings. The number of carbonyl (C=O) groups excluding carboxylic acids is 3. The smallest absolute Gasteiger partial charge is 0.246 e. The molecule has 47 heavy (non-hydrogen) atoms. The summed E-state index contributed by atoms with van der Waals surface area (Å²) in [4.78, 5) is 42.3. The van der Waals surface area contributed by atoms with E-state index in [2.05, 4.69) is 31.2 Å². The van der Waals surface area contributed by atoms with Crippen LogP contribution in [0.5, 0.6) is 0 Å². The number of rotatable bonds is 6. The van der Waals surface area contributed by atoms with E-state index in [-0.39, 0.29) is 68.4 Å². The van der Waals surface area contributed by atoms with Crippen molar-refractivity contribution in [1.82, 2.24) is 35.8 Å². The monoisotopic (exact) mass is 667 g/mol. The molecule has 15 heteroatoms. The number of amides is 3. The van der Waals surface area contributed by atoms with Gasteiger partial charge in [0.05, 0.1) is 47.8 Å². The number of hydrogen-bond donors (Lipinski definition) is 3. The van der Waals surface area contributed by atoms with E-state index in [0.29, 0.717) is 38.2 Å². The number of nitrogens with zero attached hydrogens (tertiary/aromatic N) is 4. The lowest BCUT2D eigenvalue weighted by Crippen LogP contribution is -2.59. The molecular formula is C32H41N7O7S. The Morgan fingerprint density at radius 1 is 0.936 bits per heavy atom. The van der Waals surface area contributed by atoms with Gasteiger partial charge in [0.15, 0.2) is 9.84 Å². The summed E-state index contributed by atoms with van der Waals surface area (Å²) in [5.74, 6) is -1.09. The molecule has 3 heterocycles. The van der Waals surface area contributed by atoms with Crippen molar-refractivity contribution in [2.45, 2.75) is 48.7 Å². The van der Waals surface area contributed by atoms with Gasteiger partial charge in [-0.05, 0) is 42.7 Å². The van der Waals surface area contributed by atoms with Crippen molar-refractivity contribution < 1.29 is 32.3 Å². The van der Waals surface area contributed by atoms with Crippen LogP contribution in [-0.2, 0) is 46.7 Å². The number of carbonyl (C=O) groups is 3. The van der Waals surface area contributed by atoms with E-state index in [0.717, 1.165) is 11.3 Å². The lowest BCUT2D eigenvalue weighted by Gasteiger charge is -2.42. The molecule has 2 aromatic carbocycles. The molecule has 5 rings (SSSR count). The lowest BCUT2D eigenvalue weighted by atomic mass is 9.83. The number of likely N-dealkylation sites (tertiary alicyclic amines) is 1. The van der Waals surface area contributed by atoms with Crippen LogP contribution in [0.3, 0.4) is 0 Å². The predicted octanol–water partition coefficient (Wildman–Crippen LogP) is 0.402. The highest BCUT2D eigenvalue weighted by Gasteiger charge is 2.39. The van der Waals surface area contributed by atoms with Crippen LogP contribution in [0, 0.1) is 0 Å². The first kappa shape index (κ1) is 34.2. The van der Waals surface area contributed by atoms with E-state index < -0.39 is 21.4 Å². The minimum Gasteiger partial charge on any atom is -0.377 e. The molecule has 1 spiro atoms. The first-order valence-electron chi connectivity index (χ1n) is 15.6. The van der Waals surface area contributed by atoms with Crippen LogP contribution >= 0.6 is 0 Å². The lowest BCUT2D eigenvalue weighted by molar-refractivity contribution is -0.133. The largest absolute Gasteiger partial charge is 0.377 e. The van der Waals surface area contributed by atoms with Crippen molar-refractivity contribution in [1.29, 1.82) is 0 Å². The van der Waals surface area contributed by atoms with E-state index in [1.54, 1.807) is 35.1 Å². The second-order valence-corrected chi connectivity index (χ2v) is 14.0. The molecule has 2 aliphatic rings. The van der Waals surface area contributed by atoms with Crippen molar-refractivity contribution in [2.24, 2.45) is 0 Å². The predicted molar refractivity (Wildman–Crippen MR) is 171 cm³/mol. The van der Waals surface area contributed by atoms with E-state index in [4.69, 9.17) is 9.47 Å². The highest BCUT2D eigenvalue weighted by Crippen LogP contribution is 2.27. The molecule has 0 radical (unpaired) electrons. The topological polar surface area (TPSA) is 174 Å². The normalized spacial score (nSPS) is 20.7. The van der Waals surface area contributed by atoms with Gasteiger partial charge in [-0.3, -0.25) is 19.3 Å². The summed E-state index contributed by atoms with van der Waals surface area (Å²) in [7, 11) is -3.28. The fraction of sp³-hybridized carbons (Fsp3) is 0.469. The van der Waals surface area contributed by atoms with Crippen molar-refractivity contribution >= 4 is 27.6 Å². The van der Waals surface area contributed by atoms with Crippen LogP contribution < -0.4 is 16.0 Å². The molecule has 3 aromatic rings. The summed E-state index contributed by atoms with van der Waals surface area (Å²) in [5, 5.41) is 17.2. The molecule has 2 saturated heterocycles. The van der Waals surface area contributed by atoms with Gasteiger partial charge >= 0.3 is 0 Å². The molecule has 3 N–H and O–H groups in total. The summed E-state index contributed by atoms with van der Waals surface area (Å²) >= 11 is 0. The van der Waals surface area contributed by atoms with Gasteiger partial charge in [0.25, 0.3) is 0 Å². The molecule has 14 nitrogen and oxygen atoms in total. The zero-order valence-corrected chi connectivity index (χ0v) is 27.2. The van der Waals surface area contributed by atoms with E-state index in [1.807, 2.05) is 30.3 Å². The Labute approximate surface area is 274 Å². The number of aromatic nitrogens is 3. The molecule has 1 atom stereocenters. The maximum atomic E-state index is 13.6. The first-order chi connectivity index (χ1) is 22.6. The SMILES string of the molecule is CS(=O)(=O)c1ccc(CN2CCC3(CC2)CC(=O)N[C@H](Cc2cn(-c4ccccc4)nn2)C(=O)NCCOCCOCC(=O)N3)cc1. The molecule has 2 aliphatic heterocycles. The average molecular weight is 668 g/mol. The minimum atomic E-state index is -3.28. The van der Waals surface area contributed by atoms with Gasteiger partial charge < -0.3 is 25.4 Å². The Morgan fingerprint density at radius 3 is 2.38 bits per heavy atom. The fourth-order valence-corrected chi connectivity index (χ4v) is 6.37. The van der Waals surface area contributed by atoms with Gasteiger partial charge in [-0.1, -0.05) is 35.5 Å². The summed E-state index contributed by atoms with van der Waals surface area (Å²) in [6.07, 6.45) is 3.96. The summed E-state index contributed by atoms with van der Waals surface area (Å²) in [5.41, 5.74) is 1.44. The van der Waals surface area contributed by atoms with E-state index >= 15 is 0 Å². The Kier molecular flexibility index (Phi) is 11.3. The number of ether oxygens (including phenoxy) is 2. The Morgan fingerprint density at radius 2 is 1.66 bits per heavy atom. The van der Waals surface area contributed by atoms with Gasteiger partial charge in [0.1, 0.15) is 12.6 Å². The molecule has 0 bridgehead atoms. The third kappa shape index (κ3) is 9.91. The number of nitrogens with one attached hydrogen (secondary N) is 3. The van der Waals surface area contributed by atoms with Gasteiger partial charge in [-0.15, -0.1) is 5.10 Å². The average Bonchev–Trinajstić information content (AvgIpc) is 3.51. The van der Waals surface area contributed by atoms with E-state index in [1.165, 1.54) is 6.26 Å². The number of para-hydroxylation sites is 1. The summed E-state index contributed by atoms with van der Waals surface area (Å²) < 4.78 is 36.3.